The SMILES string of the molecule is CSc1cccc(NS(=O)(=O)c2ccc(C#N)cc2Cl)c1. The average Bonchev–Trinajstić information content (AvgIpc) is 2.46. The van der Waals surface area contributed by atoms with Crippen LogP contribution in [0, 0.1) is 11.3 Å². The molecular weight excluding hydrogens is 328 g/mol. The van der Waals surface area contributed by atoms with Crippen molar-refractivity contribution in [3.63, 3.8) is 0 Å². The summed E-state index contributed by atoms with van der Waals surface area (Å²) in [5.41, 5.74) is 0.769. The van der Waals surface area contributed by atoms with E-state index in [1.54, 1.807) is 18.2 Å². The molecule has 21 heavy (non-hydrogen) atoms. The van der Waals surface area contributed by atoms with Crippen LogP contribution < -0.4 is 4.72 Å². The molecule has 0 heterocycles. The predicted molar refractivity (Wildman–Crippen MR) is 85.2 cm³/mol. The van der Waals surface area contributed by atoms with Crippen LogP contribution in [0.25, 0.3) is 0 Å². The zero-order valence-corrected chi connectivity index (χ0v) is 13.4. The second-order valence-corrected chi connectivity index (χ2v) is 7.03. The van der Waals surface area contributed by atoms with E-state index in [-0.39, 0.29) is 9.92 Å². The van der Waals surface area contributed by atoms with Crippen molar-refractivity contribution in [3.8, 4) is 6.07 Å². The Balaban J connectivity index is 2.36. The van der Waals surface area contributed by atoms with E-state index >= 15 is 0 Å². The predicted octanol–water partition coefficient (Wildman–Crippen LogP) is 3.73. The number of nitrogens with zero attached hydrogens (tertiary/aromatic N) is 1. The first-order chi connectivity index (χ1) is 9.96. The van der Waals surface area contributed by atoms with Gasteiger partial charge in [0.2, 0.25) is 0 Å². The lowest BCUT2D eigenvalue weighted by Gasteiger charge is -2.10. The van der Waals surface area contributed by atoms with Crippen LogP contribution in [0.4, 0.5) is 5.69 Å². The molecule has 1 N–H and O–H groups in total. The number of hydrogen-bond acceptors (Lipinski definition) is 4. The highest BCUT2D eigenvalue weighted by molar-refractivity contribution is 7.98. The smallest absolute Gasteiger partial charge is 0.263 e. The molecule has 0 atom stereocenters. The Labute approximate surface area is 132 Å². The van der Waals surface area contributed by atoms with Crippen molar-refractivity contribution in [1.82, 2.24) is 0 Å². The van der Waals surface area contributed by atoms with Gasteiger partial charge in [0, 0.05) is 10.6 Å². The van der Waals surface area contributed by atoms with Crippen LogP contribution in [-0.2, 0) is 10.0 Å². The van der Waals surface area contributed by atoms with Gasteiger partial charge in [-0.1, -0.05) is 17.7 Å². The van der Waals surface area contributed by atoms with Crippen LogP contribution in [0.5, 0.6) is 0 Å². The zero-order chi connectivity index (χ0) is 15.5. The maximum absolute atomic E-state index is 12.3. The van der Waals surface area contributed by atoms with Crippen LogP contribution in [-0.4, -0.2) is 14.7 Å². The number of nitriles is 1. The molecule has 0 aliphatic rings. The van der Waals surface area contributed by atoms with Crippen molar-refractivity contribution in [1.29, 1.82) is 5.26 Å². The second-order valence-electron chi connectivity index (χ2n) is 4.09. The van der Waals surface area contributed by atoms with Crippen molar-refractivity contribution in [2.75, 3.05) is 11.0 Å². The molecule has 0 amide bonds. The first kappa shape index (κ1) is 15.7. The molecular formula is C14H11ClN2O2S2. The highest BCUT2D eigenvalue weighted by Gasteiger charge is 2.18. The minimum atomic E-state index is -3.79. The van der Waals surface area contributed by atoms with E-state index in [1.807, 2.05) is 18.4 Å². The minimum Gasteiger partial charge on any atom is -0.280 e. The van der Waals surface area contributed by atoms with Crippen molar-refractivity contribution < 1.29 is 8.42 Å². The molecule has 2 aromatic carbocycles. The van der Waals surface area contributed by atoms with Gasteiger partial charge in [-0.25, -0.2) is 8.42 Å². The van der Waals surface area contributed by atoms with E-state index in [4.69, 9.17) is 16.9 Å². The summed E-state index contributed by atoms with van der Waals surface area (Å²) in [4.78, 5) is 0.888. The highest BCUT2D eigenvalue weighted by atomic mass is 35.5. The van der Waals surface area contributed by atoms with Gasteiger partial charge in [-0.2, -0.15) is 5.26 Å². The molecule has 108 valence electrons. The number of nitrogens with one attached hydrogen (secondary N) is 1. The molecule has 0 unspecified atom stereocenters. The Kier molecular flexibility index (Phi) is 4.78. The molecule has 0 aliphatic carbocycles. The third-order valence-electron chi connectivity index (χ3n) is 2.67. The van der Waals surface area contributed by atoms with Crippen molar-refractivity contribution in [2.24, 2.45) is 0 Å². The van der Waals surface area contributed by atoms with Gasteiger partial charge in [0.05, 0.1) is 16.7 Å². The summed E-state index contributed by atoms with van der Waals surface area (Å²) in [7, 11) is -3.79. The summed E-state index contributed by atoms with van der Waals surface area (Å²) in [6.45, 7) is 0. The topological polar surface area (TPSA) is 70.0 Å². The molecule has 0 bridgehead atoms. The standard InChI is InChI=1S/C14H11ClN2O2S2/c1-20-12-4-2-3-11(8-12)17-21(18,19)14-6-5-10(9-16)7-13(14)15/h2-8,17H,1H3. The lowest BCUT2D eigenvalue weighted by atomic mass is 10.2. The lowest BCUT2D eigenvalue weighted by molar-refractivity contribution is 0.601. The summed E-state index contributed by atoms with van der Waals surface area (Å²) in [5, 5.41) is 8.79. The van der Waals surface area contributed by atoms with Gasteiger partial charge >= 0.3 is 0 Å². The molecule has 2 rings (SSSR count). The van der Waals surface area contributed by atoms with Gasteiger partial charge in [-0.15, -0.1) is 11.8 Å². The number of sulfonamides is 1. The Bertz CT molecular complexity index is 814. The summed E-state index contributed by atoms with van der Waals surface area (Å²) in [6, 6.07) is 13.0. The average molecular weight is 339 g/mol. The van der Waals surface area contributed by atoms with Crippen molar-refractivity contribution in [3.05, 3.63) is 53.1 Å². The third kappa shape index (κ3) is 3.70. The fourth-order valence-electron chi connectivity index (χ4n) is 1.69. The van der Waals surface area contributed by atoms with Gasteiger partial charge in [0.1, 0.15) is 4.90 Å². The molecule has 0 fully saturated rings. The van der Waals surface area contributed by atoms with Gasteiger partial charge in [0.25, 0.3) is 10.0 Å². The van der Waals surface area contributed by atoms with Crippen LogP contribution in [0.2, 0.25) is 5.02 Å². The Morgan fingerprint density at radius 1 is 1.24 bits per heavy atom. The molecule has 2 aromatic rings. The molecule has 4 nitrogen and oxygen atoms in total. The van der Waals surface area contributed by atoms with Gasteiger partial charge in [0.15, 0.2) is 0 Å². The van der Waals surface area contributed by atoms with Crippen molar-refractivity contribution >= 4 is 39.1 Å². The number of halogens is 1. The number of thioether (sulfide) groups is 1. The monoisotopic (exact) mass is 338 g/mol. The number of hydrogen-bond donors (Lipinski definition) is 1. The maximum atomic E-state index is 12.3. The van der Waals surface area contributed by atoms with E-state index in [0.717, 1.165) is 4.90 Å². The molecule has 0 spiro atoms. The molecule has 0 aliphatic heterocycles. The lowest BCUT2D eigenvalue weighted by Crippen LogP contribution is -2.13. The van der Waals surface area contributed by atoms with Crippen LogP contribution in [0.1, 0.15) is 5.56 Å². The first-order valence-corrected chi connectivity index (χ1v) is 8.91. The fourth-order valence-corrected chi connectivity index (χ4v) is 3.74. The summed E-state index contributed by atoms with van der Waals surface area (Å²) >= 11 is 7.46. The van der Waals surface area contributed by atoms with E-state index in [0.29, 0.717) is 11.3 Å². The van der Waals surface area contributed by atoms with Crippen LogP contribution in [0.3, 0.4) is 0 Å². The van der Waals surface area contributed by atoms with Crippen LogP contribution in [0.15, 0.2) is 52.3 Å². The zero-order valence-electron chi connectivity index (χ0n) is 11.0. The van der Waals surface area contributed by atoms with E-state index in [9.17, 15) is 8.42 Å². The Hall–Kier alpha value is -1.68. The van der Waals surface area contributed by atoms with E-state index < -0.39 is 10.0 Å². The summed E-state index contributed by atoms with van der Waals surface area (Å²) in [5.74, 6) is 0. The van der Waals surface area contributed by atoms with Gasteiger partial charge < -0.3 is 0 Å². The van der Waals surface area contributed by atoms with E-state index in [1.165, 1.54) is 30.0 Å². The highest BCUT2D eigenvalue weighted by Crippen LogP contribution is 2.26. The van der Waals surface area contributed by atoms with Crippen LogP contribution >= 0.6 is 23.4 Å². The van der Waals surface area contributed by atoms with E-state index in [2.05, 4.69) is 4.72 Å². The van der Waals surface area contributed by atoms with Gasteiger partial charge in [-0.3, -0.25) is 4.72 Å². The van der Waals surface area contributed by atoms with Crippen molar-refractivity contribution in [2.45, 2.75) is 9.79 Å². The molecule has 0 saturated heterocycles. The first-order valence-electron chi connectivity index (χ1n) is 5.83. The molecule has 7 heteroatoms. The maximum Gasteiger partial charge on any atom is 0.263 e. The normalized spacial score (nSPS) is 10.9. The molecule has 0 aromatic heterocycles. The second kappa shape index (κ2) is 6.39. The van der Waals surface area contributed by atoms with Gasteiger partial charge in [-0.05, 0) is 42.7 Å². The Morgan fingerprint density at radius 2 is 2.00 bits per heavy atom. The number of rotatable bonds is 4. The minimum absolute atomic E-state index is 0.0163. The molecule has 0 radical (unpaired) electrons. The molecule has 0 saturated carbocycles. The largest absolute Gasteiger partial charge is 0.280 e. The Morgan fingerprint density at radius 3 is 2.62 bits per heavy atom. The number of benzene rings is 2. The number of anilines is 1. The summed E-state index contributed by atoms with van der Waals surface area (Å²) < 4.78 is 27.2. The quantitative estimate of drug-likeness (QED) is 0.862. The third-order valence-corrected chi connectivity index (χ3v) is 5.26. The summed E-state index contributed by atoms with van der Waals surface area (Å²) in [6.07, 6.45) is 1.91. The fraction of sp³-hybridized carbons (Fsp3) is 0.0714.